The molecule has 6 nitrogen and oxygen atoms in total. The van der Waals surface area contributed by atoms with Crippen LogP contribution in [0.15, 0.2) is 23.1 Å². The van der Waals surface area contributed by atoms with Crippen molar-refractivity contribution in [2.75, 3.05) is 12.9 Å². The van der Waals surface area contributed by atoms with Crippen LogP contribution in [0, 0.1) is 12.8 Å². The van der Waals surface area contributed by atoms with E-state index in [0.29, 0.717) is 11.5 Å². The van der Waals surface area contributed by atoms with Crippen LogP contribution in [0.1, 0.15) is 48.5 Å². The van der Waals surface area contributed by atoms with E-state index in [1.54, 1.807) is 13.0 Å². The molecule has 25 heavy (non-hydrogen) atoms. The van der Waals surface area contributed by atoms with Crippen molar-refractivity contribution in [3.63, 3.8) is 0 Å². The highest BCUT2D eigenvalue weighted by molar-refractivity contribution is 7.90. The minimum absolute atomic E-state index is 0.0471. The summed E-state index contributed by atoms with van der Waals surface area (Å²) in [5.41, 5.74) is 0.751. The van der Waals surface area contributed by atoms with Crippen LogP contribution in [0.5, 0.6) is 0 Å². The molecule has 0 heterocycles. The van der Waals surface area contributed by atoms with Crippen LogP contribution in [0.4, 0.5) is 0 Å². The molecule has 1 N–H and O–H groups in total. The Bertz CT molecular complexity index is 749. The average molecular weight is 367 g/mol. The van der Waals surface area contributed by atoms with E-state index < -0.39 is 15.8 Å². The Morgan fingerprint density at radius 2 is 1.84 bits per heavy atom. The van der Waals surface area contributed by atoms with Crippen molar-refractivity contribution in [2.24, 2.45) is 5.92 Å². The zero-order valence-corrected chi connectivity index (χ0v) is 15.7. The van der Waals surface area contributed by atoms with E-state index in [-0.39, 0.29) is 29.0 Å². The molecule has 1 aliphatic carbocycles. The molecule has 1 amide bonds. The standard InChI is InChI=1S/C18H25NO5S/c1-12-4-7-14(8-5-12)19-17(20)11-24-18(21)16-10-15(25(3,22)23)9-6-13(16)2/h6,9-10,12,14H,4-5,7-8,11H2,1-3H3,(H,19,20). The van der Waals surface area contributed by atoms with Crippen molar-refractivity contribution in [2.45, 2.75) is 50.5 Å². The second-order valence-corrected chi connectivity index (χ2v) is 8.87. The van der Waals surface area contributed by atoms with E-state index in [1.807, 2.05) is 0 Å². The lowest BCUT2D eigenvalue weighted by Gasteiger charge is -2.26. The van der Waals surface area contributed by atoms with Crippen molar-refractivity contribution in [1.82, 2.24) is 5.32 Å². The van der Waals surface area contributed by atoms with Gasteiger partial charge in [0.2, 0.25) is 0 Å². The number of sulfone groups is 1. The molecule has 1 saturated carbocycles. The number of hydrogen-bond acceptors (Lipinski definition) is 5. The summed E-state index contributed by atoms with van der Waals surface area (Å²) in [6.07, 6.45) is 5.13. The van der Waals surface area contributed by atoms with Gasteiger partial charge in [-0.3, -0.25) is 4.79 Å². The molecule has 1 aromatic rings. The molecule has 138 valence electrons. The van der Waals surface area contributed by atoms with Gasteiger partial charge in [-0.25, -0.2) is 13.2 Å². The molecule has 0 unspecified atom stereocenters. The maximum atomic E-state index is 12.2. The highest BCUT2D eigenvalue weighted by atomic mass is 32.2. The fourth-order valence-electron chi connectivity index (χ4n) is 2.93. The number of aryl methyl sites for hydroxylation is 1. The molecule has 0 saturated heterocycles. The van der Waals surface area contributed by atoms with E-state index >= 15 is 0 Å². The van der Waals surface area contributed by atoms with E-state index in [2.05, 4.69) is 12.2 Å². The summed E-state index contributed by atoms with van der Waals surface area (Å²) >= 11 is 0. The summed E-state index contributed by atoms with van der Waals surface area (Å²) in [6, 6.07) is 4.42. The Hall–Kier alpha value is -1.89. The molecule has 0 radical (unpaired) electrons. The fourth-order valence-corrected chi connectivity index (χ4v) is 3.58. The lowest BCUT2D eigenvalue weighted by Crippen LogP contribution is -2.39. The van der Waals surface area contributed by atoms with Gasteiger partial charge in [0.1, 0.15) is 0 Å². The topological polar surface area (TPSA) is 89.5 Å². The number of nitrogens with one attached hydrogen (secondary N) is 1. The van der Waals surface area contributed by atoms with Crippen LogP contribution in [0.2, 0.25) is 0 Å². The highest BCUT2D eigenvalue weighted by Crippen LogP contribution is 2.23. The van der Waals surface area contributed by atoms with Crippen LogP contribution < -0.4 is 5.32 Å². The normalized spacial score (nSPS) is 20.8. The summed E-state index contributed by atoms with van der Waals surface area (Å²) in [4.78, 5) is 24.2. The molecular weight excluding hydrogens is 342 g/mol. The number of hydrogen-bond donors (Lipinski definition) is 1. The first-order valence-corrected chi connectivity index (χ1v) is 10.3. The minimum atomic E-state index is -3.42. The molecule has 0 atom stereocenters. The SMILES string of the molecule is Cc1ccc(S(C)(=O)=O)cc1C(=O)OCC(=O)NC1CCC(C)CC1. The van der Waals surface area contributed by atoms with Gasteiger partial charge in [-0.15, -0.1) is 0 Å². The van der Waals surface area contributed by atoms with Gasteiger partial charge in [-0.2, -0.15) is 0 Å². The first-order chi connectivity index (χ1) is 11.7. The van der Waals surface area contributed by atoms with Crippen LogP contribution in [-0.4, -0.2) is 39.2 Å². The smallest absolute Gasteiger partial charge is 0.338 e. The van der Waals surface area contributed by atoms with Gasteiger partial charge in [0.25, 0.3) is 5.91 Å². The maximum absolute atomic E-state index is 12.2. The number of esters is 1. The zero-order valence-electron chi connectivity index (χ0n) is 14.9. The lowest BCUT2D eigenvalue weighted by atomic mass is 9.87. The number of rotatable bonds is 5. The Labute approximate surface area is 148 Å². The monoisotopic (exact) mass is 367 g/mol. The first-order valence-electron chi connectivity index (χ1n) is 8.44. The van der Waals surface area contributed by atoms with Gasteiger partial charge in [0.15, 0.2) is 16.4 Å². The van der Waals surface area contributed by atoms with Gasteiger partial charge < -0.3 is 10.1 Å². The number of benzene rings is 1. The molecule has 0 bridgehead atoms. The maximum Gasteiger partial charge on any atom is 0.338 e. The third-order valence-electron chi connectivity index (χ3n) is 4.57. The van der Waals surface area contributed by atoms with Crippen LogP contribution in [-0.2, 0) is 19.4 Å². The van der Waals surface area contributed by atoms with Gasteiger partial charge in [-0.1, -0.05) is 13.0 Å². The van der Waals surface area contributed by atoms with E-state index in [9.17, 15) is 18.0 Å². The molecule has 0 aromatic heterocycles. The molecule has 1 fully saturated rings. The Morgan fingerprint density at radius 3 is 2.44 bits per heavy atom. The molecule has 7 heteroatoms. The molecule has 0 spiro atoms. The molecule has 1 aromatic carbocycles. The summed E-state index contributed by atoms with van der Waals surface area (Å²) in [5.74, 6) is -0.337. The predicted octanol–water partition coefficient (Wildman–Crippen LogP) is 2.25. The minimum Gasteiger partial charge on any atom is -0.452 e. The predicted molar refractivity (Wildman–Crippen MR) is 94.1 cm³/mol. The summed E-state index contributed by atoms with van der Waals surface area (Å²) < 4.78 is 28.3. The number of amides is 1. The summed E-state index contributed by atoms with van der Waals surface area (Å²) in [6.45, 7) is 3.52. The molecule has 1 aliphatic rings. The Balaban J connectivity index is 1.93. The molecule has 0 aliphatic heterocycles. The van der Waals surface area contributed by atoms with Crippen LogP contribution in [0.3, 0.4) is 0 Å². The van der Waals surface area contributed by atoms with Crippen LogP contribution in [0.25, 0.3) is 0 Å². The summed E-state index contributed by atoms with van der Waals surface area (Å²) in [7, 11) is -3.42. The Morgan fingerprint density at radius 1 is 1.20 bits per heavy atom. The zero-order chi connectivity index (χ0) is 18.6. The van der Waals surface area contributed by atoms with Gasteiger partial charge >= 0.3 is 5.97 Å². The molecular formula is C18H25NO5S. The van der Waals surface area contributed by atoms with Crippen molar-refractivity contribution in [3.05, 3.63) is 29.3 Å². The fraction of sp³-hybridized carbons (Fsp3) is 0.556. The van der Waals surface area contributed by atoms with E-state index in [4.69, 9.17) is 4.74 Å². The largest absolute Gasteiger partial charge is 0.452 e. The number of ether oxygens (including phenoxy) is 1. The lowest BCUT2D eigenvalue weighted by molar-refractivity contribution is -0.125. The van der Waals surface area contributed by atoms with E-state index in [1.165, 1.54) is 12.1 Å². The van der Waals surface area contributed by atoms with E-state index in [0.717, 1.165) is 31.9 Å². The van der Waals surface area contributed by atoms with Gasteiger partial charge in [0, 0.05) is 12.3 Å². The first kappa shape index (κ1) is 19.4. The molecule has 2 rings (SSSR count). The van der Waals surface area contributed by atoms with Gasteiger partial charge in [0.05, 0.1) is 10.5 Å². The third-order valence-corrected chi connectivity index (χ3v) is 5.68. The number of carbonyl (C=O) groups excluding carboxylic acids is 2. The highest BCUT2D eigenvalue weighted by Gasteiger charge is 2.21. The number of carbonyl (C=O) groups is 2. The second-order valence-electron chi connectivity index (χ2n) is 6.85. The van der Waals surface area contributed by atoms with Crippen molar-refractivity contribution in [1.29, 1.82) is 0 Å². The van der Waals surface area contributed by atoms with Gasteiger partial charge in [-0.05, 0) is 56.2 Å². The van der Waals surface area contributed by atoms with Crippen molar-refractivity contribution in [3.8, 4) is 0 Å². The Kier molecular flexibility index (Phi) is 6.21. The summed E-state index contributed by atoms with van der Waals surface area (Å²) in [5, 5.41) is 2.88. The second kappa shape index (κ2) is 7.99. The van der Waals surface area contributed by atoms with Crippen molar-refractivity contribution < 1.29 is 22.7 Å². The third kappa shape index (κ3) is 5.56. The van der Waals surface area contributed by atoms with Crippen molar-refractivity contribution >= 4 is 21.7 Å². The average Bonchev–Trinajstić information content (AvgIpc) is 2.54. The van der Waals surface area contributed by atoms with Crippen LogP contribution >= 0.6 is 0 Å². The quantitative estimate of drug-likeness (QED) is 0.806.